The van der Waals surface area contributed by atoms with Gasteiger partial charge >= 0.3 is 5.69 Å². The second-order valence-electron chi connectivity index (χ2n) is 3.25. The Morgan fingerprint density at radius 3 is 2.93 bits per heavy atom. The number of rotatable bonds is 0. The highest BCUT2D eigenvalue weighted by atomic mass is 16.1. The van der Waals surface area contributed by atoms with Gasteiger partial charge in [-0.25, -0.2) is 4.79 Å². The molecule has 2 aromatic heterocycles. The Morgan fingerprint density at radius 1 is 1.14 bits per heavy atom. The first kappa shape index (κ1) is 7.38. The molecule has 0 fully saturated rings. The van der Waals surface area contributed by atoms with E-state index >= 15 is 0 Å². The van der Waals surface area contributed by atoms with Crippen LogP contribution in [0.25, 0.3) is 16.4 Å². The van der Waals surface area contributed by atoms with Gasteiger partial charge in [-0.1, -0.05) is 24.3 Å². The van der Waals surface area contributed by atoms with Gasteiger partial charge in [0.15, 0.2) is 0 Å². The number of fused-ring (bicyclic) bond motifs is 3. The number of aromatic nitrogens is 2. The summed E-state index contributed by atoms with van der Waals surface area (Å²) in [4.78, 5) is 14.1. The van der Waals surface area contributed by atoms with Crippen LogP contribution in [0.3, 0.4) is 0 Å². The zero-order valence-electron chi connectivity index (χ0n) is 7.40. The van der Waals surface area contributed by atoms with Gasteiger partial charge in [0.05, 0.1) is 11.0 Å². The molecule has 0 unspecified atom stereocenters. The first-order valence-corrected chi connectivity index (χ1v) is 4.44. The molecule has 0 amide bonds. The summed E-state index contributed by atoms with van der Waals surface area (Å²) in [5.41, 5.74) is 1.77. The molecule has 3 aromatic rings. The number of nitrogens with one attached hydrogen (secondary N) is 1. The molecular formula is C11H8N2O. The molecule has 0 aliphatic rings. The third kappa shape index (κ3) is 0.836. The van der Waals surface area contributed by atoms with Crippen LogP contribution in [0.2, 0.25) is 0 Å². The zero-order chi connectivity index (χ0) is 9.54. The Bertz CT molecular complexity index is 663. The van der Waals surface area contributed by atoms with Crippen LogP contribution >= 0.6 is 0 Å². The van der Waals surface area contributed by atoms with Crippen molar-refractivity contribution in [1.82, 2.24) is 9.38 Å². The molecular weight excluding hydrogens is 176 g/mol. The number of aromatic amines is 1. The fraction of sp³-hybridized carbons (Fsp3) is 0. The van der Waals surface area contributed by atoms with E-state index in [9.17, 15) is 4.79 Å². The van der Waals surface area contributed by atoms with Crippen LogP contribution in [0.4, 0.5) is 0 Å². The van der Waals surface area contributed by atoms with Crippen molar-refractivity contribution in [3.8, 4) is 0 Å². The highest BCUT2D eigenvalue weighted by molar-refractivity contribution is 5.86. The molecule has 0 saturated heterocycles. The average molecular weight is 184 g/mol. The van der Waals surface area contributed by atoms with E-state index in [1.807, 2.05) is 36.4 Å². The van der Waals surface area contributed by atoms with Crippen molar-refractivity contribution in [3.63, 3.8) is 0 Å². The first-order chi connectivity index (χ1) is 6.86. The van der Waals surface area contributed by atoms with E-state index in [1.54, 1.807) is 10.6 Å². The largest absolute Gasteiger partial charge is 0.330 e. The minimum absolute atomic E-state index is 0.0822. The van der Waals surface area contributed by atoms with Crippen molar-refractivity contribution in [1.29, 1.82) is 0 Å². The standard InChI is InChI=1S/C11H8N2O/c14-11-12-7-9-6-8-4-2-1-3-5-10(8)13(9)11/h1-7H,(H,12,14). The van der Waals surface area contributed by atoms with Gasteiger partial charge in [-0.05, 0) is 12.1 Å². The molecule has 0 spiro atoms. The summed E-state index contributed by atoms with van der Waals surface area (Å²) in [6.07, 6.45) is 1.72. The van der Waals surface area contributed by atoms with Crippen LogP contribution in [-0.2, 0) is 0 Å². The normalized spacial score (nSPS) is 11.1. The molecule has 1 aromatic carbocycles. The first-order valence-electron chi connectivity index (χ1n) is 4.44. The topological polar surface area (TPSA) is 37.3 Å². The Kier molecular flexibility index (Phi) is 1.31. The highest BCUT2D eigenvalue weighted by Gasteiger charge is 2.03. The van der Waals surface area contributed by atoms with E-state index in [0.29, 0.717) is 0 Å². The van der Waals surface area contributed by atoms with Gasteiger partial charge in [0.2, 0.25) is 0 Å². The van der Waals surface area contributed by atoms with Crippen LogP contribution in [0.15, 0.2) is 47.4 Å². The van der Waals surface area contributed by atoms with Gasteiger partial charge in [0.25, 0.3) is 0 Å². The summed E-state index contributed by atoms with van der Waals surface area (Å²) in [7, 11) is 0. The van der Waals surface area contributed by atoms with Gasteiger partial charge < -0.3 is 4.98 Å². The van der Waals surface area contributed by atoms with E-state index in [1.165, 1.54) is 0 Å². The molecule has 1 N–H and O–H groups in total. The highest BCUT2D eigenvalue weighted by Crippen LogP contribution is 2.16. The third-order valence-electron chi connectivity index (χ3n) is 2.40. The van der Waals surface area contributed by atoms with Gasteiger partial charge in [-0.2, -0.15) is 0 Å². The van der Waals surface area contributed by atoms with Crippen LogP contribution in [0.5, 0.6) is 0 Å². The molecule has 3 heteroatoms. The Labute approximate surface area is 79.6 Å². The maximum atomic E-state index is 11.5. The number of nitrogens with zero attached hydrogens (tertiary/aromatic N) is 1. The molecule has 3 rings (SSSR count). The lowest BCUT2D eigenvalue weighted by Crippen LogP contribution is -2.07. The van der Waals surface area contributed by atoms with Crippen LogP contribution < -0.4 is 5.69 Å². The van der Waals surface area contributed by atoms with E-state index in [0.717, 1.165) is 16.4 Å². The number of imidazole rings is 1. The SMILES string of the molecule is O=c1[nH]cc2cc3cccccc3n12. The number of hydrogen-bond acceptors (Lipinski definition) is 1. The molecule has 0 saturated carbocycles. The van der Waals surface area contributed by atoms with Gasteiger partial charge in [0, 0.05) is 11.6 Å². The molecule has 0 radical (unpaired) electrons. The molecule has 68 valence electrons. The third-order valence-corrected chi connectivity index (χ3v) is 2.40. The van der Waals surface area contributed by atoms with Gasteiger partial charge in [0.1, 0.15) is 0 Å². The lowest BCUT2D eigenvalue weighted by atomic mass is 10.3. The minimum Gasteiger partial charge on any atom is -0.312 e. The average Bonchev–Trinajstić information content (AvgIpc) is 2.61. The minimum atomic E-state index is -0.0822. The maximum absolute atomic E-state index is 11.5. The van der Waals surface area contributed by atoms with Crippen LogP contribution in [0.1, 0.15) is 0 Å². The van der Waals surface area contributed by atoms with Crippen molar-refractivity contribution in [3.05, 3.63) is 53.1 Å². The van der Waals surface area contributed by atoms with Crippen LogP contribution in [-0.4, -0.2) is 9.38 Å². The fourth-order valence-electron chi connectivity index (χ4n) is 1.77. The van der Waals surface area contributed by atoms with Crippen molar-refractivity contribution in [2.45, 2.75) is 0 Å². The summed E-state index contributed by atoms with van der Waals surface area (Å²) in [5, 5.41) is 1.08. The lowest BCUT2D eigenvalue weighted by molar-refractivity contribution is 1.12. The summed E-state index contributed by atoms with van der Waals surface area (Å²) in [5.74, 6) is 0. The molecule has 3 nitrogen and oxygen atoms in total. The van der Waals surface area contributed by atoms with E-state index in [-0.39, 0.29) is 5.69 Å². The smallest absolute Gasteiger partial charge is 0.312 e. The van der Waals surface area contributed by atoms with Crippen molar-refractivity contribution >= 4 is 16.4 Å². The van der Waals surface area contributed by atoms with E-state index in [4.69, 9.17) is 0 Å². The molecule has 14 heavy (non-hydrogen) atoms. The summed E-state index contributed by atoms with van der Waals surface area (Å²) >= 11 is 0. The molecule has 0 atom stereocenters. The second-order valence-corrected chi connectivity index (χ2v) is 3.25. The maximum Gasteiger partial charge on any atom is 0.330 e. The van der Waals surface area contributed by atoms with E-state index in [2.05, 4.69) is 4.98 Å². The monoisotopic (exact) mass is 184 g/mol. The summed E-state index contributed by atoms with van der Waals surface area (Å²) < 4.78 is 1.68. The molecule has 2 heterocycles. The van der Waals surface area contributed by atoms with Crippen molar-refractivity contribution < 1.29 is 0 Å². The molecule has 0 aliphatic heterocycles. The number of H-pyrrole nitrogens is 1. The van der Waals surface area contributed by atoms with Crippen LogP contribution in [0, 0.1) is 0 Å². The van der Waals surface area contributed by atoms with Gasteiger partial charge in [-0.15, -0.1) is 0 Å². The summed E-state index contributed by atoms with van der Waals surface area (Å²) in [6, 6.07) is 11.8. The quantitative estimate of drug-likeness (QED) is 0.568. The fourth-order valence-corrected chi connectivity index (χ4v) is 1.77. The summed E-state index contributed by atoms with van der Waals surface area (Å²) in [6.45, 7) is 0. The van der Waals surface area contributed by atoms with Crippen molar-refractivity contribution in [2.75, 3.05) is 0 Å². The molecule has 0 bridgehead atoms. The van der Waals surface area contributed by atoms with Gasteiger partial charge in [-0.3, -0.25) is 4.40 Å². The Hall–Kier alpha value is -2.03. The Balaban J connectivity index is 2.71. The van der Waals surface area contributed by atoms with Crippen molar-refractivity contribution in [2.24, 2.45) is 0 Å². The molecule has 0 aliphatic carbocycles. The predicted molar refractivity (Wildman–Crippen MR) is 55.5 cm³/mol. The predicted octanol–water partition coefficient (Wildman–Crippen LogP) is 1.78. The zero-order valence-corrected chi connectivity index (χ0v) is 7.40. The second kappa shape index (κ2) is 2.48. The Morgan fingerprint density at radius 2 is 2.00 bits per heavy atom. The lowest BCUT2D eigenvalue weighted by Gasteiger charge is -1.83. The van der Waals surface area contributed by atoms with E-state index < -0.39 is 0 Å². The number of hydrogen-bond donors (Lipinski definition) is 1.